The van der Waals surface area contributed by atoms with Gasteiger partial charge < -0.3 is 9.84 Å². The highest BCUT2D eigenvalue weighted by atomic mass is 19.1. The van der Waals surface area contributed by atoms with Gasteiger partial charge >= 0.3 is 0 Å². The smallest absolute Gasteiger partial charge is 0.213 e. The van der Waals surface area contributed by atoms with Crippen molar-refractivity contribution in [2.45, 2.75) is 31.1 Å². The van der Waals surface area contributed by atoms with E-state index in [1.807, 2.05) is 31.2 Å². The molecule has 168 valence electrons. The Labute approximate surface area is 191 Å². The normalized spacial score (nSPS) is 25.7. The number of nitrogens with one attached hydrogen (secondary N) is 1. The Balaban J connectivity index is 1.37. The van der Waals surface area contributed by atoms with E-state index in [4.69, 9.17) is 4.74 Å². The number of alkyl halides is 1. The van der Waals surface area contributed by atoms with Crippen molar-refractivity contribution in [3.8, 4) is 34.0 Å². The molecule has 2 aliphatic heterocycles. The molecule has 2 bridgehead atoms. The lowest BCUT2D eigenvalue weighted by atomic mass is 9.79. The fourth-order valence-corrected chi connectivity index (χ4v) is 4.58. The summed E-state index contributed by atoms with van der Waals surface area (Å²) in [4.78, 5) is 8.48. The minimum Gasteiger partial charge on any atom is -0.507 e. The predicted octanol–water partition coefficient (Wildman–Crippen LogP) is 3.97. The summed E-state index contributed by atoms with van der Waals surface area (Å²) in [6.45, 7) is 6.13. The molecule has 0 spiro atoms. The summed E-state index contributed by atoms with van der Waals surface area (Å²) in [6, 6.07) is 8.56. The van der Waals surface area contributed by atoms with Gasteiger partial charge in [0.25, 0.3) is 0 Å². The monoisotopic (exact) mass is 445 g/mol. The minimum absolute atomic E-state index is 0.0451. The zero-order chi connectivity index (χ0) is 23.2. The molecule has 0 unspecified atom stereocenters. The van der Waals surface area contributed by atoms with Gasteiger partial charge in [0.05, 0.1) is 19.3 Å². The molecule has 2 aliphatic rings. The summed E-state index contributed by atoms with van der Waals surface area (Å²) in [5.74, 6) is 0.456. The molecular formula is C25H24FN5O2. The maximum Gasteiger partial charge on any atom is 0.213 e. The zero-order valence-corrected chi connectivity index (χ0v) is 18.4. The van der Waals surface area contributed by atoms with Gasteiger partial charge in [0.2, 0.25) is 5.88 Å². The highest BCUT2D eigenvalue weighted by molar-refractivity contribution is 5.74. The summed E-state index contributed by atoms with van der Waals surface area (Å²) < 4.78 is 20.1. The van der Waals surface area contributed by atoms with Crippen LogP contribution in [0, 0.1) is 5.92 Å². The molecular weight excluding hydrogens is 421 g/mol. The van der Waals surface area contributed by atoms with Crippen molar-refractivity contribution < 1.29 is 14.2 Å². The number of hydrogen-bond acceptors (Lipinski definition) is 7. The van der Waals surface area contributed by atoms with E-state index in [1.54, 1.807) is 31.5 Å². The van der Waals surface area contributed by atoms with Gasteiger partial charge in [0, 0.05) is 29.3 Å². The number of allylic oxidation sites excluding steroid dienone is 1. The number of nitrogens with zero attached hydrogens (tertiary/aromatic N) is 4. The number of hydrogen-bond donors (Lipinski definition) is 2. The first-order valence-electron chi connectivity index (χ1n) is 10.7. The second-order valence-electron chi connectivity index (χ2n) is 8.71. The van der Waals surface area contributed by atoms with Crippen LogP contribution in [-0.2, 0) is 0 Å². The Bertz CT molecular complexity index is 1250. The molecule has 4 atom stereocenters. The van der Waals surface area contributed by atoms with Gasteiger partial charge in [0.15, 0.2) is 5.82 Å². The first-order chi connectivity index (χ1) is 15.9. The molecule has 0 aliphatic carbocycles. The summed E-state index contributed by atoms with van der Waals surface area (Å²) in [7, 11) is 1.55. The highest BCUT2D eigenvalue weighted by Gasteiger charge is 2.46. The molecule has 2 N–H and O–H groups in total. The van der Waals surface area contributed by atoms with Gasteiger partial charge in [-0.15, -0.1) is 10.2 Å². The molecule has 1 saturated heterocycles. The molecule has 8 heteroatoms. The quantitative estimate of drug-likeness (QED) is 0.574. The van der Waals surface area contributed by atoms with E-state index >= 15 is 0 Å². The van der Waals surface area contributed by atoms with Crippen molar-refractivity contribution in [2.24, 2.45) is 5.92 Å². The van der Waals surface area contributed by atoms with Crippen molar-refractivity contribution in [3.05, 3.63) is 67.3 Å². The SMILES string of the molecule is C=C(c1ncc(-c2ccc(-c3ccnc(OC)c3)cc2O)nn1)[C@@H]1C[C@@]2(C)C=C[C@H](N2)[C@@H]1F. The van der Waals surface area contributed by atoms with E-state index in [9.17, 15) is 9.50 Å². The van der Waals surface area contributed by atoms with Crippen LogP contribution in [0.4, 0.5) is 4.39 Å². The lowest BCUT2D eigenvalue weighted by molar-refractivity contribution is 0.146. The van der Waals surface area contributed by atoms with Crippen LogP contribution in [0.2, 0.25) is 0 Å². The number of methoxy groups -OCH3 is 1. The fourth-order valence-electron chi connectivity index (χ4n) is 4.58. The van der Waals surface area contributed by atoms with E-state index < -0.39 is 12.1 Å². The number of phenols is 1. The van der Waals surface area contributed by atoms with Crippen LogP contribution in [0.5, 0.6) is 11.6 Å². The average Bonchev–Trinajstić information content (AvgIpc) is 3.18. The van der Waals surface area contributed by atoms with E-state index in [-0.39, 0.29) is 17.3 Å². The topological polar surface area (TPSA) is 93.1 Å². The summed E-state index contributed by atoms with van der Waals surface area (Å²) in [6.07, 6.45) is 6.55. The lowest BCUT2D eigenvalue weighted by Gasteiger charge is -2.39. The number of rotatable bonds is 5. The lowest BCUT2D eigenvalue weighted by Crippen LogP contribution is -2.54. The van der Waals surface area contributed by atoms with Crippen LogP contribution in [0.3, 0.4) is 0 Å². The van der Waals surface area contributed by atoms with E-state index in [1.165, 1.54) is 6.20 Å². The Hall–Kier alpha value is -3.65. The summed E-state index contributed by atoms with van der Waals surface area (Å²) in [5, 5.41) is 22.3. The predicted molar refractivity (Wildman–Crippen MR) is 123 cm³/mol. The highest BCUT2D eigenvalue weighted by Crippen LogP contribution is 2.41. The minimum atomic E-state index is -1.10. The number of pyridine rings is 1. The zero-order valence-electron chi connectivity index (χ0n) is 18.4. The Kier molecular flexibility index (Phi) is 5.17. The van der Waals surface area contributed by atoms with Gasteiger partial charge in [-0.25, -0.2) is 14.4 Å². The molecule has 5 rings (SSSR count). The van der Waals surface area contributed by atoms with Crippen LogP contribution in [0.25, 0.3) is 28.0 Å². The van der Waals surface area contributed by atoms with E-state index in [2.05, 4.69) is 32.1 Å². The standard InChI is InChI=1S/C25H24FN5O2/c1-14(18-12-25(2)8-6-19(29-25)23(18)26)24-28-13-20(30-31-24)17-5-4-15(10-21(17)32)16-7-9-27-22(11-16)33-3/h4-11,13,18-19,23,29,32H,1,12H2,2-3H3/t18-,19-,23+,25+/m0/s1. The summed E-state index contributed by atoms with van der Waals surface area (Å²) >= 11 is 0. The molecule has 33 heavy (non-hydrogen) atoms. The van der Waals surface area contributed by atoms with Crippen LogP contribution in [-0.4, -0.2) is 50.1 Å². The number of benzene rings is 1. The number of aromatic hydroxyl groups is 1. The fraction of sp³-hybridized carbons (Fsp3) is 0.280. The first kappa shape index (κ1) is 21.2. The third kappa shape index (κ3) is 3.87. The first-order valence-corrected chi connectivity index (χ1v) is 10.7. The molecule has 4 heterocycles. The molecule has 0 radical (unpaired) electrons. The second kappa shape index (κ2) is 8.04. The number of fused-ring (bicyclic) bond motifs is 2. The van der Waals surface area contributed by atoms with Crippen molar-refractivity contribution in [3.63, 3.8) is 0 Å². The van der Waals surface area contributed by atoms with E-state index in [0.29, 0.717) is 35.0 Å². The molecule has 3 aromatic rings. The van der Waals surface area contributed by atoms with Crippen molar-refractivity contribution in [1.82, 2.24) is 25.5 Å². The molecule has 2 aromatic heterocycles. The third-order valence-corrected chi connectivity index (χ3v) is 6.39. The third-order valence-electron chi connectivity index (χ3n) is 6.39. The molecule has 7 nitrogen and oxygen atoms in total. The number of piperidine rings is 1. The van der Waals surface area contributed by atoms with Crippen molar-refractivity contribution in [2.75, 3.05) is 7.11 Å². The Morgan fingerprint density at radius 3 is 2.76 bits per heavy atom. The number of halogens is 1. The molecule has 1 fully saturated rings. The van der Waals surface area contributed by atoms with Crippen LogP contribution >= 0.6 is 0 Å². The van der Waals surface area contributed by atoms with Gasteiger partial charge in [-0.2, -0.15) is 0 Å². The maximum atomic E-state index is 15.0. The Morgan fingerprint density at radius 1 is 1.21 bits per heavy atom. The van der Waals surface area contributed by atoms with Gasteiger partial charge in [-0.05, 0) is 48.2 Å². The van der Waals surface area contributed by atoms with Gasteiger partial charge in [-0.3, -0.25) is 5.32 Å². The van der Waals surface area contributed by atoms with E-state index in [0.717, 1.165) is 11.1 Å². The average molecular weight is 445 g/mol. The molecule has 0 saturated carbocycles. The van der Waals surface area contributed by atoms with Gasteiger partial charge in [-0.1, -0.05) is 24.8 Å². The molecule has 0 amide bonds. The second-order valence-corrected chi connectivity index (χ2v) is 8.71. The van der Waals surface area contributed by atoms with Gasteiger partial charge in [0.1, 0.15) is 17.6 Å². The number of phenolic OH excluding ortho intramolecular Hbond substituents is 1. The van der Waals surface area contributed by atoms with Crippen molar-refractivity contribution >= 4 is 5.57 Å². The largest absolute Gasteiger partial charge is 0.507 e. The number of aromatic nitrogens is 4. The van der Waals surface area contributed by atoms with Crippen LogP contribution in [0.15, 0.2) is 61.5 Å². The maximum absolute atomic E-state index is 15.0. The van der Waals surface area contributed by atoms with Crippen LogP contribution < -0.4 is 10.1 Å². The Morgan fingerprint density at radius 2 is 2.03 bits per heavy atom. The summed E-state index contributed by atoms with van der Waals surface area (Å²) in [5.41, 5.74) is 2.87. The van der Waals surface area contributed by atoms with Crippen LogP contribution in [0.1, 0.15) is 19.2 Å². The molecule has 1 aromatic carbocycles. The van der Waals surface area contributed by atoms with Crippen molar-refractivity contribution in [1.29, 1.82) is 0 Å². The number of ether oxygens (including phenoxy) is 1.